The lowest BCUT2D eigenvalue weighted by molar-refractivity contribution is 0.415. The SMILES string of the molecule is COc1ccc(-c2nnc(SC(C)c3nnc(C)o3)n2CCc2ccccc2)cc1. The molecule has 154 valence electrons. The Hall–Kier alpha value is -3.13. The zero-order valence-electron chi connectivity index (χ0n) is 17.1. The maximum atomic E-state index is 5.59. The number of hydrogen-bond donors (Lipinski definition) is 0. The first-order chi connectivity index (χ1) is 14.6. The lowest BCUT2D eigenvalue weighted by Gasteiger charge is -2.12. The monoisotopic (exact) mass is 421 g/mol. The van der Waals surface area contributed by atoms with Crippen LogP contribution in [0.5, 0.6) is 5.75 Å². The largest absolute Gasteiger partial charge is 0.497 e. The van der Waals surface area contributed by atoms with E-state index in [1.165, 1.54) is 5.56 Å². The second-order valence-corrected chi connectivity index (χ2v) is 8.15. The van der Waals surface area contributed by atoms with Crippen molar-refractivity contribution in [2.24, 2.45) is 0 Å². The van der Waals surface area contributed by atoms with E-state index in [1.807, 2.05) is 37.3 Å². The summed E-state index contributed by atoms with van der Waals surface area (Å²) in [6.07, 6.45) is 0.879. The third kappa shape index (κ3) is 4.54. The molecule has 4 aromatic rings. The van der Waals surface area contributed by atoms with Crippen LogP contribution >= 0.6 is 11.8 Å². The summed E-state index contributed by atoms with van der Waals surface area (Å²) in [5, 5.41) is 17.8. The fourth-order valence-electron chi connectivity index (χ4n) is 3.10. The van der Waals surface area contributed by atoms with Crippen molar-refractivity contribution in [3.05, 3.63) is 71.9 Å². The molecule has 0 fully saturated rings. The van der Waals surface area contributed by atoms with E-state index in [9.17, 15) is 0 Å². The maximum Gasteiger partial charge on any atom is 0.229 e. The van der Waals surface area contributed by atoms with Crippen molar-refractivity contribution in [2.75, 3.05) is 7.11 Å². The van der Waals surface area contributed by atoms with Gasteiger partial charge in [0.1, 0.15) is 5.75 Å². The summed E-state index contributed by atoms with van der Waals surface area (Å²) in [5.41, 5.74) is 2.26. The first-order valence-electron chi connectivity index (χ1n) is 9.72. The summed E-state index contributed by atoms with van der Waals surface area (Å²) in [6, 6.07) is 18.3. The topological polar surface area (TPSA) is 78.9 Å². The van der Waals surface area contributed by atoms with Crippen molar-refractivity contribution in [2.45, 2.75) is 37.2 Å². The fraction of sp³-hybridized carbons (Fsp3) is 0.273. The van der Waals surface area contributed by atoms with Gasteiger partial charge in [0.05, 0.1) is 12.4 Å². The molecule has 0 N–H and O–H groups in total. The van der Waals surface area contributed by atoms with Gasteiger partial charge in [-0.1, -0.05) is 42.1 Å². The highest BCUT2D eigenvalue weighted by molar-refractivity contribution is 7.99. The molecule has 8 heteroatoms. The molecule has 0 saturated carbocycles. The van der Waals surface area contributed by atoms with Gasteiger partial charge in [0, 0.05) is 19.0 Å². The minimum atomic E-state index is -0.0328. The Morgan fingerprint density at radius 1 is 1.00 bits per heavy atom. The lowest BCUT2D eigenvalue weighted by Crippen LogP contribution is -2.06. The Kier molecular flexibility index (Phi) is 6.13. The van der Waals surface area contributed by atoms with Crippen LogP contribution in [0.1, 0.15) is 29.5 Å². The van der Waals surface area contributed by atoms with Crippen LogP contribution in [0, 0.1) is 6.92 Å². The fourth-order valence-corrected chi connectivity index (χ4v) is 4.01. The van der Waals surface area contributed by atoms with Crippen LogP contribution in [0.3, 0.4) is 0 Å². The Morgan fingerprint density at radius 2 is 1.77 bits per heavy atom. The number of aryl methyl sites for hydroxylation is 2. The zero-order chi connectivity index (χ0) is 20.9. The Bertz CT molecular complexity index is 1090. The number of aromatic nitrogens is 5. The van der Waals surface area contributed by atoms with Crippen LogP contribution < -0.4 is 4.74 Å². The quantitative estimate of drug-likeness (QED) is 0.380. The summed E-state index contributed by atoms with van der Waals surface area (Å²) < 4.78 is 13.0. The number of rotatable bonds is 8. The molecule has 2 heterocycles. The van der Waals surface area contributed by atoms with E-state index in [-0.39, 0.29) is 5.25 Å². The van der Waals surface area contributed by atoms with Crippen molar-refractivity contribution in [1.82, 2.24) is 25.0 Å². The summed E-state index contributed by atoms with van der Waals surface area (Å²) in [7, 11) is 1.66. The summed E-state index contributed by atoms with van der Waals surface area (Å²) >= 11 is 1.56. The summed E-state index contributed by atoms with van der Waals surface area (Å²) in [6.45, 7) is 4.58. The maximum absolute atomic E-state index is 5.59. The minimum Gasteiger partial charge on any atom is -0.497 e. The lowest BCUT2D eigenvalue weighted by atomic mass is 10.1. The van der Waals surface area contributed by atoms with Gasteiger partial charge in [0.2, 0.25) is 11.8 Å². The average Bonchev–Trinajstić information content (AvgIpc) is 3.39. The highest BCUT2D eigenvalue weighted by atomic mass is 32.2. The molecule has 0 aliphatic carbocycles. The number of ether oxygens (including phenoxy) is 1. The van der Waals surface area contributed by atoms with Crippen molar-refractivity contribution in [3.8, 4) is 17.1 Å². The van der Waals surface area contributed by atoms with E-state index in [0.29, 0.717) is 11.8 Å². The first-order valence-corrected chi connectivity index (χ1v) is 10.6. The molecule has 0 amide bonds. The highest BCUT2D eigenvalue weighted by Crippen LogP contribution is 2.35. The van der Waals surface area contributed by atoms with Crippen LogP contribution in [0.2, 0.25) is 0 Å². The van der Waals surface area contributed by atoms with E-state index in [0.717, 1.165) is 35.3 Å². The smallest absolute Gasteiger partial charge is 0.229 e. The third-order valence-electron chi connectivity index (χ3n) is 4.70. The van der Waals surface area contributed by atoms with E-state index < -0.39 is 0 Å². The van der Waals surface area contributed by atoms with Crippen LogP contribution in [0.4, 0.5) is 0 Å². The van der Waals surface area contributed by atoms with Crippen molar-refractivity contribution >= 4 is 11.8 Å². The summed E-state index contributed by atoms with van der Waals surface area (Å²) in [5.74, 6) is 2.78. The van der Waals surface area contributed by atoms with E-state index >= 15 is 0 Å². The predicted octanol–water partition coefficient (Wildman–Crippen LogP) is 4.74. The first kappa shape index (κ1) is 20.2. The van der Waals surface area contributed by atoms with Gasteiger partial charge in [0.15, 0.2) is 11.0 Å². The van der Waals surface area contributed by atoms with Crippen molar-refractivity contribution in [1.29, 1.82) is 0 Å². The van der Waals surface area contributed by atoms with E-state index in [1.54, 1.807) is 25.8 Å². The molecule has 2 aromatic carbocycles. The third-order valence-corrected chi connectivity index (χ3v) is 5.77. The molecule has 0 aliphatic heterocycles. The van der Waals surface area contributed by atoms with Crippen molar-refractivity contribution < 1.29 is 9.15 Å². The Labute approximate surface area is 179 Å². The molecular formula is C22H23N5O2S. The highest BCUT2D eigenvalue weighted by Gasteiger charge is 2.21. The molecule has 7 nitrogen and oxygen atoms in total. The second-order valence-electron chi connectivity index (χ2n) is 6.84. The molecule has 0 spiro atoms. The van der Waals surface area contributed by atoms with Crippen LogP contribution in [0.15, 0.2) is 64.2 Å². The van der Waals surface area contributed by atoms with Gasteiger partial charge < -0.3 is 13.7 Å². The average molecular weight is 422 g/mol. The molecule has 2 aromatic heterocycles. The standard InChI is InChI=1S/C22H23N5O2S/c1-15(21-25-23-16(2)29-21)30-22-26-24-20(18-9-11-19(28-3)12-10-18)27(22)14-13-17-7-5-4-6-8-17/h4-12,15H,13-14H2,1-3H3. The number of benzene rings is 2. The van der Waals surface area contributed by atoms with Gasteiger partial charge in [-0.2, -0.15) is 0 Å². The van der Waals surface area contributed by atoms with Gasteiger partial charge in [-0.05, 0) is 43.2 Å². The number of hydrogen-bond acceptors (Lipinski definition) is 7. The second kappa shape index (κ2) is 9.13. The van der Waals surface area contributed by atoms with Crippen molar-refractivity contribution in [3.63, 3.8) is 0 Å². The molecule has 1 unspecified atom stereocenters. The number of nitrogens with zero attached hydrogens (tertiary/aromatic N) is 5. The Balaban J connectivity index is 1.63. The molecule has 0 aliphatic rings. The van der Waals surface area contributed by atoms with E-state index in [2.05, 4.69) is 49.2 Å². The van der Waals surface area contributed by atoms with Gasteiger partial charge in [0.25, 0.3) is 0 Å². The van der Waals surface area contributed by atoms with Gasteiger partial charge in [-0.3, -0.25) is 0 Å². The number of thioether (sulfide) groups is 1. The number of methoxy groups -OCH3 is 1. The van der Waals surface area contributed by atoms with Crippen LogP contribution in [-0.4, -0.2) is 32.1 Å². The van der Waals surface area contributed by atoms with E-state index in [4.69, 9.17) is 9.15 Å². The predicted molar refractivity (Wildman–Crippen MR) is 115 cm³/mol. The molecule has 0 bridgehead atoms. The summed E-state index contributed by atoms with van der Waals surface area (Å²) in [4.78, 5) is 0. The van der Waals surface area contributed by atoms with Gasteiger partial charge >= 0.3 is 0 Å². The van der Waals surface area contributed by atoms with Crippen LogP contribution in [-0.2, 0) is 13.0 Å². The zero-order valence-corrected chi connectivity index (χ0v) is 18.0. The molecule has 0 radical (unpaired) electrons. The van der Waals surface area contributed by atoms with Crippen LogP contribution in [0.25, 0.3) is 11.4 Å². The Morgan fingerprint density at radius 3 is 2.43 bits per heavy atom. The molecule has 30 heavy (non-hydrogen) atoms. The molecular weight excluding hydrogens is 398 g/mol. The molecule has 0 saturated heterocycles. The molecule has 4 rings (SSSR count). The minimum absolute atomic E-state index is 0.0328. The normalized spacial score (nSPS) is 12.1. The van der Waals surface area contributed by atoms with Gasteiger partial charge in [-0.15, -0.1) is 20.4 Å². The van der Waals surface area contributed by atoms with Gasteiger partial charge in [-0.25, -0.2) is 0 Å². The molecule has 1 atom stereocenters.